The highest BCUT2D eigenvalue weighted by molar-refractivity contribution is 5.83. The Labute approximate surface area is 120 Å². The number of nitrogens with one attached hydrogen (secondary N) is 1. The summed E-state index contributed by atoms with van der Waals surface area (Å²) in [5.41, 5.74) is 2.26. The predicted molar refractivity (Wildman–Crippen MR) is 79.3 cm³/mol. The van der Waals surface area contributed by atoms with E-state index in [0.717, 1.165) is 11.3 Å². The van der Waals surface area contributed by atoms with Gasteiger partial charge in [-0.3, -0.25) is 4.79 Å². The van der Waals surface area contributed by atoms with Gasteiger partial charge in [-0.15, -0.1) is 0 Å². The fourth-order valence-corrected chi connectivity index (χ4v) is 2.31. The zero-order chi connectivity index (χ0) is 14.5. The maximum Gasteiger partial charge on any atom is 0.228 e. The SMILES string of the molecule is Cc1ccc(C(C(=O)NCc2ccco2)C(C)C)cc1. The van der Waals surface area contributed by atoms with E-state index in [-0.39, 0.29) is 17.7 Å². The average Bonchev–Trinajstić information content (AvgIpc) is 2.92. The molecule has 1 aromatic carbocycles. The number of amides is 1. The molecule has 1 unspecified atom stereocenters. The molecule has 0 bridgehead atoms. The molecule has 0 saturated heterocycles. The van der Waals surface area contributed by atoms with Crippen LogP contribution in [-0.2, 0) is 11.3 Å². The molecule has 0 radical (unpaired) electrons. The van der Waals surface area contributed by atoms with Gasteiger partial charge in [-0.25, -0.2) is 0 Å². The van der Waals surface area contributed by atoms with E-state index in [2.05, 4.69) is 19.2 Å². The molecule has 106 valence electrons. The van der Waals surface area contributed by atoms with Crippen LogP contribution in [0.5, 0.6) is 0 Å². The molecule has 3 nitrogen and oxygen atoms in total. The molecule has 0 spiro atoms. The largest absolute Gasteiger partial charge is 0.467 e. The minimum atomic E-state index is -0.134. The van der Waals surface area contributed by atoms with Gasteiger partial charge in [-0.2, -0.15) is 0 Å². The summed E-state index contributed by atoms with van der Waals surface area (Å²) in [6.45, 7) is 6.61. The van der Waals surface area contributed by atoms with E-state index in [1.54, 1.807) is 6.26 Å². The van der Waals surface area contributed by atoms with Gasteiger partial charge in [-0.05, 0) is 30.5 Å². The summed E-state index contributed by atoms with van der Waals surface area (Å²) < 4.78 is 5.23. The Hall–Kier alpha value is -2.03. The van der Waals surface area contributed by atoms with Crippen molar-refractivity contribution in [2.75, 3.05) is 0 Å². The Morgan fingerprint density at radius 3 is 2.45 bits per heavy atom. The molecule has 1 N–H and O–H groups in total. The molecule has 3 heteroatoms. The first kappa shape index (κ1) is 14.4. The summed E-state index contributed by atoms with van der Waals surface area (Å²) in [4.78, 5) is 12.4. The molecule has 20 heavy (non-hydrogen) atoms. The molecule has 1 heterocycles. The van der Waals surface area contributed by atoms with Gasteiger partial charge in [0.05, 0.1) is 18.7 Å². The highest BCUT2D eigenvalue weighted by Crippen LogP contribution is 2.25. The minimum Gasteiger partial charge on any atom is -0.467 e. The summed E-state index contributed by atoms with van der Waals surface area (Å²) in [6, 6.07) is 11.8. The first-order valence-corrected chi connectivity index (χ1v) is 6.94. The van der Waals surface area contributed by atoms with Gasteiger partial charge < -0.3 is 9.73 Å². The number of rotatable bonds is 5. The third-order valence-corrected chi connectivity index (χ3v) is 3.40. The molecule has 0 aliphatic rings. The van der Waals surface area contributed by atoms with Crippen LogP contribution in [-0.4, -0.2) is 5.91 Å². The van der Waals surface area contributed by atoms with Crippen LogP contribution in [0, 0.1) is 12.8 Å². The Kier molecular flexibility index (Phi) is 4.61. The van der Waals surface area contributed by atoms with Crippen LogP contribution in [0.25, 0.3) is 0 Å². The van der Waals surface area contributed by atoms with Crippen LogP contribution in [0.1, 0.15) is 36.7 Å². The molecule has 0 saturated carbocycles. The summed E-state index contributed by atoms with van der Waals surface area (Å²) in [6.07, 6.45) is 1.61. The molecular formula is C17H21NO2. The first-order chi connectivity index (χ1) is 9.58. The normalized spacial score (nSPS) is 12.4. The fourth-order valence-electron chi connectivity index (χ4n) is 2.31. The molecule has 1 aromatic heterocycles. The van der Waals surface area contributed by atoms with Crippen molar-refractivity contribution in [1.82, 2.24) is 5.32 Å². The monoisotopic (exact) mass is 271 g/mol. The van der Waals surface area contributed by atoms with Gasteiger partial charge in [-0.1, -0.05) is 43.7 Å². The fraction of sp³-hybridized carbons (Fsp3) is 0.353. The van der Waals surface area contributed by atoms with E-state index >= 15 is 0 Å². The summed E-state index contributed by atoms with van der Waals surface area (Å²) in [7, 11) is 0. The van der Waals surface area contributed by atoms with E-state index in [0.29, 0.717) is 6.54 Å². The van der Waals surface area contributed by atoms with Crippen molar-refractivity contribution in [2.24, 2.45) is 5.92 Å². The zero-order valence-electron chi connectivity index (χ0n) is 12.2. The van der Waals surface area contributed by atoms with E-state index in [4.69, 9.17) is 4.42 Å². The van der Waals surface area contributed by atoms with Crippen molar-refractivity contribution in [3.8, 4) is 0 Å². The van der Waals surface area contributed by atoms with E-state index in [1.807, 2.05) is 43.3 Å². The molecular weight excluding hydrogens is 250 g/mol. The lowest BCUT2D eigenvalue weighted by Gasteiger charge is -2.20. The van der Waals surface area contributed by atoms with Crippen molar-refractivity contribution in [1.29, 1.82) is 0 Å². The lowest BCUT2D eigenvalue weighted by Crippen LogP contribution is -2.31. The van der Waals surface area contributed by atoms with Gasteiger partial charge >= 0.3 is 0 Å². The molecule has 0 fully saturated rings. The van der Waals surface area contributed by atoms with Crippen molar-refractivity contribution in [2.45, 2.75) is 33.2 Å². The van der Waals surface area contributed by atoms with E-state index < -0.39 is 0 Å². The van der Waals surface area contributed by atoms with Crippen LogP contribution in [0.15, 0.2) is 47.1 Å². The van der Waals surface area contributed by atoms with Gasteiger partial charge in [0.15, 0.2) is 0 Å². The van der Waals surface area contributed by atoms with Crippen molar-refractivity contribution in [3.63, 3.8) is 0 Å². The summed E-state index contributed by atoms with van der Waals surface area (Å²) in [5.74, 6) is 0.921. The molecule has 0 aliphatic carbocycles. The maximum absolute atomic E-state index is 12.4. The van der Waals surface area contributed by atoms with Crippen LogP contribution < -0.4 is 5.32 Å². The lowest BCUT2D eigenvalue weighted by atomic mass is 9.87. The Bertz CT molecular complexity index is 541. The van der Waals surface area contributed by atoms with Crippen molar-refractivity contribution >= 4 is 5.91 Å². The minimum absolute atomic E-state index is 0.0419. The highest BCUT2D eigenvalue weighted by atomic mass is 16.3. The van der Waals surface area contributed by atoms with E-state index in [1.165, 1.54) is 5.56 Å². The lowest BCUT2D eigenvalue weighted by molar-refractivity contribution is -0.123. The summed E-state index contributed by atoms with van der Waals surface area (Å²) >= 11 is 0. The summed E-state index contributed by atoms with van der Waals surface area (Å²) in [5, 5.41) is 2.95. The van der Waals surface area contributed by atoms with E-state index in [9.17, 15) is 4.79 Å². The number of hydrogen-bond donors (Lipinski definition) is 1. The number of aryl methyl sites for hydroxylation is 1. The van der Waals surface area contributed by atoms with Gasteiger partial charge in [0, 0.05) is 0 Å². The second-order valence-electron chi connectivity index (χ2n) is 5.43. The number of furan rings is 1. The smallest absolute Gasteiger partial charge is 0.228 e. The standard InChI is InChI=1S/C17H21NO2/c1-12(2)16(14-8-6-13(3)7-9-14)17(19)18-11-15-5-4-10-20-15/h4-10,12,16H,11H2,1-3H3,(H,18,19). The molecule has 0 aliphatic heterocycles. The Balaban J connectivity index is 2.08. The zero-order valence-corrected chi connectivity index (χ0v) is 12.2. The number of hydrogen-bond acceptors (Lipinski definition) is 2. The number of benzene rings is 1. The molecule has 1 atom stereocenters. The number of carbonyl (C=O) groups excluding carboxylic acids is 1. The van der Waals surface area contributed by atoms with Gasteiger partial charge in [0.25, 0.3) is 0 Å². The highest BCUT2D eigenvalue weighted by Gasteiger charge is 2.23. The molecule has 2 rings (SSSR count). The second-order valence-corrected chi connectivity index (χ2v) is 5.43. The third-order valence-electron chi connectivity index (χ3n) is 3.40. The molecule has 2 aromatic rings. The van der Waals surface area contributed by atoms with Gasteiger partial charge in [0.2, 0.25) is 5.91 Å². The van der Waals surface area contributed by atoms with Crippen molar-refractivity contribution < 1.29 is 9.21 Å². The van der Waals surface area contributed by atoms with Crippen LogP contribution in [0.2, 0.25) is 0 Å². The Morgan fingerprint density at radius 2 is 1.90 bits per heavy atom. The average molecular weight is 271 g/mol. The van der Waals surface area contributed by atoms with Crippen molar-refractivity contribution in [3.05, 3.63) is 59.5 Å². The van der Waals surface area contributed by atoms with Crippen LogP contribution in [0.4, 0.5) is 0 Å². The Morgan fingerprint density at radius 1 is 1.20 bits per heavy atom. The predicted octanol–water partition coefficient (Wildman–Crippen LogP) is 3.64. The molecule has 1 amide bonds. The number of carbonyl (C=O) groups is 1. The maximum atomic E-state index is 12.4. The van der Waals surface area contributed by atoms with Gasteiger partial charge in [0.1, 0.15) is 5.76 Å². The quantitative estimate of drug-likeness (QED) is 0.902. The second kappa shape index (κ2) is 6.42. The topological polar surface area (TPSA) is 42.2 Å². The van der Waals surface area contributed by atoms with Crippen LogP contribution >= 0.6 is 0 Å². The third kappa shape index (κ3) is 3.50. The first-order valence-electron chi connectivity index (χ1n) is 6.94. The van der Waals surface area contributed by atoms with Crippen LogP contribution in [0.3, 0.4) is 0 Å².